The maximum absolute atomic E-state index is 11.8. The molecule has 9 heteroatoms. The Hall–Kier alpha value is -2.42. The third-order valence-corrected chi connectivity index (χ3v) is 2.81. The Bertz CT molecular complexity index is 502. The first kappa shape index (κ1) is 16.6. The van der Waals surface area contributed by atoms with Gasteiger partial charge in [-0.05, 0) is 13.8 Å². The van der Waals surface area contributed by atoms with E-state index >= 15 is 0 Å². The first-order valence-corrected chi connectivity index (χ1v) is 6.37. The molecule has 0 radical (unpaired) electrons. The molecule has 3 atom stereocenters. The van der Waals surface area contributed by atoms with Crippen molar-refractivity contribution in [1.82, 2.24) is 20.6 Å². The van der Waals surface area contributed by atoms with Crippen molar-refractivity contribution in [3.8, 4) is 0 Å². The topological polar surface area (TPSA) is 150 Å². The van der Waals surface area contributed by atoms with Gasteiger partial charge < -0.3 is 26.5 Å². The number of aromatic amines is 1. The number of hydrogen-bond donors (Lipinski definition) is 5. The molecule has 0 aliphatic heterocycles. The molecule has 0 saturated carbocycles. The fraction of sp³-hybridized carbons (Fsp3) is 0.500. The molecule has 1 aromatic heterocycles. The zero-order valence-corrected chi connectivity index (χ0v) is 11.8. The normalized spacial score (nSPS) is 14.8. The first-order valence-electron chi connectivity index (χ1n) is 6.37. The van der Waals surface area contributed by atoms with Gasteiger partial charge in [0.25, 0.3) is 0 Å². The molecule has 1 heterocycles. The van der Waals surface area contributed by atoms with Gasteiger partial charge in [-0.3, -0.25) is 14.4 Å². The minimum Gasteiger partial charge on any atom is -0.480 e. The summed E-state index contributed by atoms with van der Waals surface area (Å²) in [6.07, 6.45) is 3.28. The Morgan fingerprint density at radius 2 is 1.90 bits per heavy atom. The highest BCUT2D eigenvalue weighted by Crippen LogP contribution is 1.97. The number of nitrogens with zero attached hydrogens (tertiary/aromatic N) is 1. The number of carbonyl (C=O) groups is 3. The van der Waals surface area contributed by atoms with Gasteiger partial charge in [0, 0.05) is 18.3 Å². The van der Waals surface area contributed by atoms with E-state index in [-0.39, 0.29) is 6.42 Å². The van der Waals surface area contributed by atoms with Crippen molar-refractivity contribution in [2.45, 2.75) is 38.4 Å². The van der Waals surface area contributed by atoms with Crippen LogP contribution in [0.2, 0.25) is 0 Å². The predicted octanol–water partition coefficient (Wildman–Crippen LogP) is -1.63. The largest absolute Gasteiger partial charge is 0.480 e. The van der Waals surface area contributed by atoms with Gasteiger partial charge in [-0.1, -0.05) is 0 Å². The molecule has 9 nitrogen and oxygen atoms in total. The van der Waals surface area contributed by atoms with Gasteiger partial charge in [-0.25, -0.2) is 4.98 Å². The zero-order valence-electron chi connectivity index (χ0n) is 11.8. The van der Waals surface area contributed by atoms with Crippen LogP contribution in [0.5, 0.6) is 0 Å². The monoisotopic (exact) mass is 297 g/mol. The number of carboxylic acids is 1. The minimum absolute atomic E-state index is 0.256. The number of aromatic nitrogens is 2. The lowest BCUT2D eigenvalue weighted by atomic mass is 10.1. The molecule has 0 aromatic carbocycles. The Balaban J connectivity index is 2.45. The van der Waals surface area contributed by atoms with Gasteiger partial charge >= 0.3 is 5.97 Å². The third-order valence-electron chi connectivity index (χ3n) is 2.81. The lowest BCUT2D eigenvalue weighted by Crippen LogP contribution is -2.53. The quantitative estimate of drug-likeness (QED) is 0.408. The summed E-state index contributed by atoms with van der Waals surface area (Å²) in [5, 5.41) is 13.4. The molecule has 2 amide bonds. The van der Waals surface area contributed by atoms with E-state index in [1.165, 1.54) is 20.2 Å². The zero-order chi connectivity index (χ0) is 16.0. The molecular formula is C12H19N5O4. The predicted molar refractivity (Wildman–Crippen MR) is 73.1 cm³/mol. The van der Waals surface area contributed by atoms with Crippen molar-refractivity contribution < 1.29 is 19.5 Å². The average Bonchev–Trinajstić information content (AvgIpc) is 2.90. The Kier molecular flexibility index (Phi) is 5.85. The second-order valence-electron chi connectivity index (χ2n) is 4.69. The van der Waals surface area contributed by atoms with Crippen LogP contribution in [-0.2, 0) is 20.8 Å². The second kappa shape index (κ2) is 7.39. The van der Waals surface area contributed by atoms with E-state index in [1.807, 2.05) is 0 Å². The van der Waals surface area contributed by atoms with E-state index in [0.29, 0.717) is 5.69 Å². The van der Waals surface area contributed by atoms with Gasteiger partial charge in [0.2, 0.25) is 11.8 Å². The number of hydrogen-bond acceptors (Lipinski definition) is 5. The summed E-state index contributed by atoms with van der Waals surface area (Å²) in [5.74, 6) is -2.25. The molecule has 0 aliphatic carbocycles. The van der Waals surface area contributed by atoms with E-state index in [2.05, 4.69) is 20.6 Å². The number of carbonyl (C=O) groups excluding carboxylic acids is 2. The standard InChI is InChI=1S/C12H19N5O4/c1-6(10(18)17-7(2)12(20)21)16-11(19)9(13)3-8-4-14-5-15-8/h4-7,9H,3,13H2,1-2H3,(H,14,15)(H,16,19)(H,17,18)(H,20,21)/t6-,7-,9-/m0/s1. The second-order valence-corrected chi connectivity index (χ2v) is 4.69. The molecule has 0 aliphatic rings. The maximum Gasteiger partial charge on any atom is 0.325 e. The van der Waals surface area contributed by atoms with Crippen LogP contribution < -0.4 is 16.4 Å². The smallest absolute Gasteiger partial charge is 0.325 e. The maximum atomic E-state index is 11.8. The Labute approximate surface area is 121 Å². The molecule has 0 fully saturated rings. The van der Waals surface area contributed by atoms with Gasteiger partial charge in [0.05, 0.1) is 12.4 Å². The first-order chi connectivity index (χ1) is 9.81. The number of rotatable bonds is 7. The van der Waals surface area contributed by atoms with Crippen molar-refractivity contribution in [2.24, 2.45) is 5.73 Å². The summed E-state index contributed by atoms with van der Waals surface area (Å²) in [5.41, 5.74) is 6.42. The number of nitrogens with two attached hydrogens (primary N) is 1. The third kappa shape index (κ3) is 5.22. The van der Waals surface area contributed by atoms with E-state index in [9.17, 15) is 14.4 Å². The van der Waals surface area contributed by atoms with Crippen LogP contribution in [0.25, 0.3) is 0 Å². The molecular weight excluding hydrogens is 278 g/mol. The van der Waals surface area contributed by atoms with Crippen LogP contribution >= 0.6 is 0 Å². The molecule has 1 aromatic rings. The Morgan fingerprint density at radius 3 is 2.43 bits per heavy atom. The van der Waals surface area contributed by atoms with Crippen LogP contribution in [0, 0.1) is 0 Å². The lowest BCUT2D eigenvalue weighted by molar-refractivity contribution is -0.141. The number of amides is 2. The molecule has 21 heavy (non-hydrogen) atoms. The van der Waals surface area contributed by atoms with Crippen LogP contribution in [0.3, 0.4) is 0 Å². The summed E-state index contributed by atoms with van der Waals surface area (Å²) in [7, 11) is 0. The number of nitrogens with one attached hydrogen (secondary N) is 3. The molecule has 0 bridgehead atoms. The van der Waals surface area contributed by atoms with E-state index in [0.717, 1.165) is 0 Å². The summed E-state index contributed by atoms with van der Waals surface area (Å²) in [6.45, 7) is 2.78. The van der Waals surface area contributed by atoms with E-state index < -0.39 is 35.9 Å². The molecule has 6 N–H and O–H groups in total. The number of carboxylic acid groups (broad SMARTS) is 1. The van der Waals surface area contributed by atoms with Crippen LogP contribution in [0.15, 0.2) is 12.5 Å². The van der Waals surface area contributed by atoms with Crippen molar-refractivity contribution in [3.05, 3.63) is 18.2 Å². The molecule has 0 saturated heterocycles. The fourth-order valence-electron chi connectivity index (χ4n) is 1.51. The van der Waals surface area contributed by atoms with Crippen molar-refractivity contribution >= 4 is 17.8 Å². The van der Waals surface area contributed by atoms with Crippen molar-refractivity contribution in [2.75, 3.05) is 0 Å². The fourth-order valence-corrected chi connectivity index (χ4v) is 1.51. The lowest BCUT2D eigenvalue weighted by Gasteiger charge is -2.18. The molecule has 0 unspecified atom stereocenters. The molecule has 1 rings (SSSR count). The van der Waals surface area contributed by atoms with Crippen molar-refractivity contribution in [3.63, 3.8) is 0 Å². The highest BCUT2D eigenvalue weighted by Gasteiger charge is 2.23. The van der Waals surface area contributed by atoms with Crippen molar-refractivity contribution in [1.29, 1.82) is 0 Å². The summed E-state index contributed by atoms with van der Waals surface area (Å²) in [4.78, 5) is 40.8. The highest BCUT2D eigenvalue weighted by atomic mass is 16.4. The van der Waals surface area contributed by atoms with Gasteiger partial charge in [0.1, 0.15) is 12.1 Å². The summed E-state index contributed by atoms with van der Waals surface area (Å²) >= 11 is 0. The SMILES string of the molecule is C[C@H](NC(=O)[C@H](C)NC(=O)[C@@H](N)Cc1cnc[nH]1)C(=O)O. The van der Waals surface area contributed by atoms with Crippen LogP contribution in [0.4, 0.5) is 0 Å². The molecule has 0 spiro atoms. The number of H-pyrrole nitrogens is 1. The summed E-state index contributed by atoms with van der Waals surface area (Å²) < 4.78 is 0. The van der Waals surface area contributed by atoms with Gasteiger partial charge in [-0.2, -0.15) is 0 Å². The number of aliphatic carboxylic acids is 1. The van der Waals surface area contributed by atoms with Crippen LogP contribution in [0.1, 0.15) is 19.5 Å². The van der Waals surface area contributed by atoms with Crippen LogP contribution in [-0.4, -0.2) is 51.0 Å². The van der Waals surface area contributed by atoms with Gasteiger partial charge in [0.15, 0.2) is 0 Å². The number of imidazole rings is 1. The van der Waals surface area contributed by atoms with E-state index in [1.54, 1.807) is 6.20 Å². The average molecular weight is 297 g/mol. The Morgan fingerprint density at radius 1 is 1.29 bits per heavy atom. The van der Waals surface area contributed by atoms with E-state index in [4.69, 9.17) is 10.8 Å². The highest BCUT2D eigenvalue weighted by molar-refractivity contribution is 5.91. The summed E-state index contributed by atoms with van der Waals surface area (Å²) in [6, 6.07) is -2.75. The minimum atomic E-state index is -1.15. The molecule has 116 valence electrons. The van der Waals surface area contributed by atoms with Gasteiger partial charge in [-0.15, -0.1) is 0 Å².